The van der Waals surface area contributed by atoms with Gasteiger partial charge < -0.3 is 9.84 Å². The number of allylic oxidation sites excluding steroid dienone is 2. The normalized spacial score (nSPS) is 34.2. The molecule has 1 aromatic carbocycles. The number of hydrogen-bond acceptors (Lipinski definition) is 6. The van der Waals surface area contributed by atoms with Crippen LogP contribution in [0.2, 0.25) is 0 Å². The molecule has 8 nitrogen and oxygen atoms in total. The molecule has 1 N–H and O–H groups in total. The number of likely N-dealkylation sites (tertiary alicyclic amines) is 2. The van der Waals surface area contributed by atoms with Crippen LogP contribution in [0, 0.1) is 17.8 Å². The van der Waals surface area contributed by atoms with E-state index in [9.17, 15) is 24.3 Å². The monoisotopic (exact) mass is 768 g/mol. The molecular formula is C26H25Br3Cl2N2O6. The Morgan fingerprint density at radius 3 is 2.28 bits per heavy atom. The highest BCUT2D eigenvalue weighted by Crippen LogP contribution is 2.67. The van der Waals surface area contributed by atoms with Crippen LogP contribution in [0.5, 0.6) is 11.5 Å². The molecule has 0 bridgehead atoms. The minimum absolute atomic E-state index is 0.0966. The summed E-state index contributed by atoms with van der Waals surface area (Å²) in [5.41, 5.74) is 0.235. The summed E-state index contributed by atoms with van der Waals surface area (Å²) < 4.78 is 6.03. The summed E-state index contributed by atoms with van der Waals surface area (Å²) in [6, 6.07) is 1.54. The van der Waals surface area contributed by atoms with Crippen molar-refractivity contribution in [2.75, 3.05) is 12.6 Å². The summed E-state index contributed by atoms with van der Waals surface area (Å²) >= 11 is 24.6. The predicted octanol–water partition coefficient (Wildman–Crippen LogP) is 5.44. The first kappa shape index (κ1) is 29.4. The zero-order valence-corrected chi connectivity index (χ0v) is 27.6. The molecule has 2 saturated heterocycles. The molecule has 6 unspecified atom stereocenters. The third kappa shape index (κ3) is 3.71. The number of carbonyl (C=O) groups is 4. The van der Waals surface area contributed by atoms with Gasteiger partial charge in [0.25, 0.3) is 11.8 Å². The average Bonchev–Trinajstić information content (AvgIpc) is 3.21. The lowest BCUT2D eigenvalue weighted by molar-refractivity contribution is -0.146. The fraction of sp³-hybridized carbons (Fsp3) is 0.538. The zero-order chi connectivity index (χ0) is 29.0. The molecule has 0 radical (unpaired) electrons. The maximum absolute atomic E-state index is 13.9. The van der Waals surface area contributed by atoms with E-state index in [4.69, 9.17) is 27.9 Å². The number of carbonyl (C=O) groups excluding carboxylic acids is 4. The van der Waals surface area contributed by atoms with Crippen LogP contribution in [0.25, 0.3) is 0 Å². The van der Waals surface area contributed by atoms with Gasteiger partial charge in [-0.05, 0) is 83.0 Å². The van der Waals surface area contributed by atoms with E-state index in [1.165, 1.54) is 12.0 Å². The maximum Gasteiger partial charge on any atom is 0.254 e. The molecule has 2 aliphatic carbocycles. The van der Waals surface area contributed by atoms with Crippen LogP contribution in [-0.4, -0.2) is 66.4 Å². The Morgan fingerprint density at radius 1 is 1.08 bits per heavy atom. The van der Waals surface area contributed by atoms with Gasteiger partial charge in [0.15, 0.2) is 21.2 Å². The number of fused-ring (bicyclic) bond motifs is 4. The Kier molecular flexibility index (Phi) is 7.11. The van der Waals surface area contributed by atoms with Crippen LogP contribution < -0.4 is 4.74 Å². The molecule has 210 valence electrons. The van der Waals surface area contributed by atoms with Crippen molar-refractivity contribution >= 4 is 94.6 Å². The summed E-state index contributed by atoms with van der Waals surface area (Å²) in [5, 5.41) is 10.6. The second-order valence-electron chi connectivity index (χ2n) is 11.3. The van der Waals surface area contributed by atoms with Crippen molar-refractivity contribution in [3.8, 4) is 11.5 Å². The predicted molar refractivity (Wildman–Crippen MR) is 155 cm³/mol. The van der Waals surface area contributed by atoms with E-state index in [1.807, 2.05) is 6.08 Å². The first-order valence-corrected chi connectivity index (χ1v) is 15.7. The van der Waals surface area contributed by atoms with E-state index in [0.717, 1.165) is 4.90 Å². The van der Waals surface area contributed by atoms with Gasteiger partial charge in [0.1, 0.15) is 0 Å². The van der Waals surface area contributed by atoms with Gasteiger partial charge >= 0.3 is 0 Å². The standard InChI is InChI=1S/C26H25Br3Cl2N2O6/c1-24(2,3)33-20(35)11-6-5-10-13(15(11)21(33)36)8-25(30)22(37)32(9-27)23(38)26(25,31)16(10)12-7-14(39-4)19(34)18(29)17(12)28/h5,7,11,13,15-16,34H,6,8-9H2,1-4H3. The minimum atomic E-state index is -1.96. The molecule has 2 heterocycles. The van der Waals surface area contributed by atoms with Crippen molar-refractivity contribution in [1.29, 1.82) is 0 Å². The Labute approximate surface area is 260 Å². The Bertz CT molecular complexity index is 1380. The molecule has 39 heavy (non-hydrogen) atoms. The molecule has 1 aromatic rings. The van der Waals surface area contributed by atoms with Gasteiger partial charge in [0, 0.05) is 15.9 Å². The molecule has 5 rings (SSSR count). The summed E-state index contributed by atoms with van der Waals surface area (Å²) in [5.74, 6) is -5.01. The summed E-state index contributed by atoms with van der Waals surface area (Å²) in [6.07, 6.45) is 2.04. The molecule has 6 atom stereocenters. The second kappa shape index (κ2) is 9.44. The maximum atomic E-state index is 13.9. The summed E-state index contributed by atoms with van der Waals surface area (Å²) in [6.45, 7) is 5.40. The molecule has 3 fully saturated rings. The number of phenols is 1. The number of benzene rings is 1. The quantitative estimate of drug-likeness (QED) is 0.190. The zero-order valence-electron chi connectivity index (χ0n) is 21.4. The van der Waals surface area contributed by atoms with Gasteiger partial charge in [-0.25, -0.2) is 0 Å². The SMILES string of the molecule is COc1cc(C2C3=CCC4C(=O)N(C(C)(C)C)C(=O)C4C3CC3(Cl)C(=O)N(CBr)C(=O)C23Cl)c(Br)c(Br)c1O. The largest absolute Gasteiger partial charge is 0.503 e. The topological polar surface area (TPSA) is 104 Å². The summed E-state index contributed by atoms with van der Waals surface area (Å²) in [4.78, 5) is 53.4. The third-order valence-corrected chi connectivity index (χ3v) is 12.5. The number of rotatable bonds is 3. The Balaban J connectivity index is 1.79. The summed E-state index contributed by atoms with van der Waals surface area (Å²) in [7, 11) is 1.39. The highest BCUT2D eigenvalue weighted by atomic mass is 79.9. The molecule has 4 aliphatic rings. The van der Waals surface area contributed by atoms with E-state index in [-0.39, 0.29) is 46.1 Å². The van der Waals surface area contributed by atoms with Crippen LogP contribution >= 0.6 is 71.0 Å². The van der Waals surface area contributed by atoms with Gasteiger partial charge in [0.05, 0.1) is 28.9 Å². The average molecular weight is 772 g/mol. The highest BCUT2D eigenvalue weighted by molar-refractivity contribution is 9.13. The van der Waals surface area contributed by atoms with Gasteiger partial charge in [-0.1, -0.05) is 27.6 Å². The number of methoxy groups -OCH3 is 1. The van der Waals surface area contributed by atoms with E-state index in [0.29, 0.717) is 15.6 Å². The molecule has 0 aromatic heterocycles. The van der Waals surface area contributed by atoms with Gasteiger partial charge in [-0.3, -0.25) is 29.0 Å². The van der Waals surface area contributed by atoms with Crippen molar-refractivity contribution in [2.24, 2.45) is 17.8 Å². The van der Waals surface area contributed by atoms with E-state index in [2.05, 4.69) is 47.8 Å². The fourth-order valence-corrected chi connectivity index (χ4v) is 9.11. The van der Waals surface area contributed by atoms with Crippen molar-refractivity contribution < 1.29 is 29.0 Å². The van der Waals surface area contributed by atoms with Crippen LogP contribution in [0.15, 0.2) is 26.7 Å². The van der Waals surface area contributed by atoms with Crippen LogP contribution in [0.3, 0.4) is 0 Å². The first-order valence-electron chi connectivity index (χ1n) is 12.2. The van der Waals surface area contributed by atoms with Crippen LogP contribution in [0.1, 0.15) is 45.1 Å². The smallest absolute Gasteiger partial charge is 0.254 e. The Hall–Kier alpha value is -1.14. The lowest BCUT2D eigenvalue weighted by atomic mass is 9.56. The van der Waals surface area contributed by atoms with Gasteiger partial charge in [0.2, 0.25) is 11.8 Å². The van der Waals surface area contributed by atoms with Gasteiger partial charge in [-0.2, -0.15) is 0 Å². The van der Waals surface area contributed by atoms with E-state index < -0.39 is 50.8 Å². The van der Waals surface area contributed by atoms with Crippen molar-refractivity contribution in [3.63, 3.8) is 0 Å². The van der Waals surface area contributed by atoms with E-state index in [1.54, 1.807) is 26.8 Å². The molecule has 4 amide bonds. The number of ether oxygens (including phenoxy) is 1. The first-order chi connectivity index (χ1) is 18.1. The number of aromatic hydroxyl groups is 1. The van der Waals surface area contributed by atoms with Gasteiger partial charge in [-0.15, -0.1) is 23.2 Å². The number of amides is 4. The molecule has 2 aliphatic heterocycles. The molecule has 13 heteroatoms. The third-order valence-electron chi connectivity index (χ3n) is 8.39. The Morgan fingerprint density at radius 2 is 1.72 bits per heavy atom. The van der Waals surface area contributed by atoms with Crippen molar-refractivity contribution in [1.82, 2.24) is 9.80 Å². The van der Waals surface area contributed by atoms with Crippen molar-refractivity contribution in [2.45, 2.75) is 54.8 Å². The lowest BCUT2D eigenvalue weighted by Gasteiger charge is -2.51. The number of nitrogens with zero attached hydrogens (tertiary/aromatic N) is 2. The second-order valence-corrected chi connectivity index (χ2v) is 14.6. The number of phenolic OH excluding ortho intramolecular Hbond substituents is 1. The lowest BCUT2D eigenvalue weighted by Crippen LogP contribution is -2.60. The number of alkyl halides is 3. The minimum Gasteiger partial charge on any atom is -0.503 e. The van der Waals surface area contributed by atoms with Crippen molar-refractivity contribution in [3.05, 3.63) is 32.2 Å². The molecule has 1 saturated carbocycles. The van der Waals surface area contributed by atoms with E-state index >= 15 is 0 Å². The number of halogens is 5. The van der Waals surface area contributed by atoms with Crippen LogP contribution in [-0.2, 0) is 19.2 Å². The highest BCUT2D eigenvalue weighted by Gasteiger charge is 2.76. The molecular weight excluding hydrogens is 747 g/mol. The number of imide groups is 2. The molecule has 0 spiro atoms. The van der Waals surface area contributed by atoms with Crippen LogP contribution in [0.4, 0.5) is 0 Å². The number of hydrogen-bond donors (Lipinski definition) is 1. The fourth-order valence-electron chi connectivity index (χ4n) is 6.74.